The Morgan fingerprint density at radius 1 is 1.00 bits per heavy atom. The van der Waals surface area contributed by atoms with Crippen LogP contribution < -0.4 is 10.6 Å². The zero-order valence-corrected chi connectivity index (χ0v) is 15.2. The predicted molar refractivity (Wildman–Crippen MR) is 97.7 cm³/mol. The summed E-state index contributed by atoms with van der Waals surface area (Å²) in [6.45, 7) is 2.57. The Morgan fingerprint density at radius 2 is 1.65 bits per heavy atom. The van der Waals surface area contributed by atoms with Crippen LogP contribution in [0.4, 0.5) is 8.78 Å². The number of benzene rings is 2. The number of sulfone groups is 1. The van der Waals surface area contributed by atoms with Crippen LogP contribution in [0.25, 0.3) is 0 Å². The van der Waals surface area contributed by atoms with Gasteiger partial charge < -0.3 is 10.6 Å². The maximum absolute atomic E-state index is 13.7. The number of halogens is 2. The van der Waals surface area contributed by atoms with Crippen molar-refractivity contribution in [1.82, 2.24) is 10.6 Å². The van der Waals surface area contributed by atoms with Crippen molar-refractivity contribution in [2.75, 3.05) is 18.8 Å². The fourth-order valence-corrected chi connectivity index (χ4v) is 3.49. The molecule has 26 heavy (non-hydrogen) atoms. The molecule has 0 amide bonds. The van der Waals surface area contributed by atoms with Crippen LogP contribution in [0.5, 0.6) is 0 Å². The Kier molecular flexibility index (Phi) is 7.08. The molecule has 140 valence electrons. The number of hydrogen-bond acceptors (Lipinski definition) is 3. The molecule has 0 bridgehead atoms. The summed E-state index contributed by atoms with van der Waals surface area (Å²) in [6.07, 6.45) is 0. The number of nitrogens with one attached hydrogen (secondary N) is 2. The molecule has 0 aromatic heterocycles. The van der Waals surface area contributed by atoms with Crippen molar-refractivity contribution in [3.63, 3.8) is 0 Å². The predicted octanol–water partition coefficient (Wildman–Crippen LogP) is 2.49. The smallest absolute Gasteiger partial charge is 0.191 e. The number of rotatable bonds is 7. The first-order valence-electron chi connectivity index (χ1n) is 8.17. The minimum Gasteiger partial charge on any atom is -0.357 e. The average molecular weight is 381 g/mol. The monoisotopic (exact) mass is 381 g/mol. The third kappa shape index (κ3) is 5.52. The summed E-state index contributed by atoms with van der Waals surface area (Å²) in [6, 6.07) is 11.6. The minimum absolute atomic E-state index is 0.0414. The van der Waals surface area contributed by atoms with Crippen molar-refractivity contribution < 1.29 is 17.2 Å². The Balaban J connectivity index is 1.99. The van der Waals surface area contributed by atoms with Crippen molar-refractivity contribution in [2.45, 2.75) is 18.4 Å². The van der Waals surface area contributed by atoms with Crippen LogP contribution in [-0.4, -0.2) is 33.2 Å². The number of aliphatic imine (C=N–C) groups is 1. The maximum atomic E-state index is 13.7. The molecular formula is C18H21F2N3O2S. The van der Waals surface area contributed by atoms with E-state index in [9.17, 15) is 17.2 Å². The van der Waals surface area contributed by atoms with E-state index in [2.05, 4.69) is 15.6 Å². The van der Waals surface area contributed by atoms with E-state index >= 15 is 0 Å². The van der Waals surface area contributed by atoms with Gasteiger partial charge in [-0.05, 0) is 25.1 Å². The first-order valence-corrected chi connectivity index (χ1v) is 9.82. The summed E-state index contributed by atoms with van der Waals surface area (Å²) in [5, 5.41) is 5.83. The average Bonchev–Trinajstić information content (AvgIpc) is 2.61. The topological polar surface area (TPSA) is 70.6 Å². The second-order valence-electron chi connectivity index (χ2n) is 5.46. The van der Waals surface area contributed by atoms with E-state index in [1.54, 1.807) is 18.2 Å². The van der Waals surface area contributed by atoms with E-state index in [0.717, 1.165) is 6.07 Å². The lowest BCUT2D eigenvalue weighted by molar-refractivity contribution is 0.566. The molecule has 2 rings (SSSR count). The zero-order chi connectivity index (χ0) is 19.0. The van der Waals surface area contributed by atoms with Crippen LogP contribution in [-0.2, 0) is 16.4 Å². The lowest BCUT2D eigenvalue weighted by Crippen LogP contribution is -2.39. The normalized spacial score (nSPS) is 12.0. The fourth-order valence-electron chi connectivity index (χ4n) is 2.24. The van der Waals surface area contributed by atoms with Crippen molar-refractivity contribution in [3.05, 3.63) is 65.7 Å². The molecule has 0 spiro atoms. The summed E-state index contributed by atoms with van der Waals surface area (Å²) >= 11 is 0. The molecule has 2 aromatic rings. The summed E-state index contributed by atoms with van der Waals surface area (Å²) in [5.41, 5.74) is 0.434. The highest BCUT2D eigenvalue weighted by molar-refractivity contribution is 7.91. The standard InChI is InChI=1S/C18H21F2N3O2S/c1-2-21-18(23-13-14-7-3-4-8-15(14)19)22-11-12-26(24,25)17-10-6-5-9-16(17)20/h3-10H,2,11-13H2,1H3,(H2,21,22,23). The first-order chi connectivity index (χ1) is 12.4. The Bertz CT molecular complexity index is 870. The van der Waals surface area contributed by atoms with Crippen molar-refractivity contribution in [2.24, 2.45) is 4.99 Å². The lowest BCUT2D eigenvalue weighted by atomic mass is 10.2. The molecule has 0 radical (unpaired) electrons. The van der Waals surface area contributed by atoms with Crippen LogP contribution in [0, 0.1) is 11.6 Å². The molecule has 5 nitrogen and oxygen atoms in total. The van der Waals surface area contributed by atoms with Gasteiger partial charge in [-0.3, -0.25) is 0 Å². The molecule has 0 fully saturated rings. The zero-order valence-electron chi connectivity index (χ0n) is 14.4. The van der Waals surface area contributed by atoms with Crippen LogP contribution in [0.2, 0.25) is 0 Å². The molecule has 2 aromatic carbocycles. The van der Waals surface area contributed by atoms with Gasteiger partial charge in [-0.1, -0.05) is 30.3 Å². The van der Waals surface area contributed by atoms with Gasteiger partial charge in [0.25, 0.3) is 0 Å². The van der Waals surface area contributed by atoms with Crippen LogP contribution >= 0.6 is 0 Å². The molecular weight excluding hydrogens is 360 g/mol. The molecule has 8 heteroatoms. The van der Waals surface area contributed by atoms with Crippen LogP contribution in [0.15, 0.2) is 58.4 Å². The summed E-state index contributed by atoms with van der Waals surface area (Å²) in [7, 11) is -3.76. The van der Waals surface area contributed by atoms with Crippen LogP contribution in [0.3, 0.4) is 0 Å². The first kappa shape index (κ1) is 19.8. The molecule has 0 unspecified atom stereocenters. The highest BCUT2D eigenvalue weighted by Gasteiger charge is 2.18. The van der Waals surface area contributed by atoms with E-state index in [-0.39, 0.29) is 29.6 Å². The third-order valence-electron chi connectivity index (χ3n) is 3.54. The number of nitrogens with zero attached hydrogens (tertiary/aromatic N) is 1. The molecule has 0 saturated carbocycles. The van der Waals surface area contributed by atoms with Gasteiger partial charge in [0.2, 0.25) is 0 Å². The van der Waals surface area contributed by atoms with E-state index in [1.165, 1.54) is 24.3 Å². The maximum Gasteiger partial charge on any atom is 0.191 e. The Morgan fingerprint density at radius 3 is 2.31 bits per heavy atom. The lowest BCUT2D eigenvalue weighted by Gasteiger charge is -2.12. The van der Waals surface area contributed by atoms with Crippen LogP contribution in [0.1, 0.15) is 12.5 Å². The fraction of sp³-hybridized carbons (Fsp3) is 0.278. The molecule has 0 aliphatic rings. The van der Waals surface area contributed by atoms with E-state index < -0.39 is 15.7 Å². The van der Waals surface area contributed by atoms with Crippen molar-refractivity contribution in [3.8, 4) is 0 Å². The van der Waals surface area contributed by atoms with Gasteiger partial charge in [-0.2, -0.15) is 0 Å². The molecule has 2 N–H and O–H groups in total. The van der Waals surface area contributed by atoms with Gasteiger partial charge in [0.15, 0.2) is 15.8 Å². The van der Waals surface area contributed by atoms with Gasteiger partial charge in [0.1, 0.15) is 16.5 Å². The molecule has 0 saturated heterocycles. The van der Waals surface area contributed by atoms with Gasteiger partial charge in [-0.25, -0.2) is 22.2 Å². The molecule has 0 aliphatic heterocycles. The highest BCUT2D eigenvalue weighted by atomic mass is 32.2. The summed E-state index contributed by atoms with van der Waals surface area (Å²) in [5.74, 6) is -1.06. The SMILES string of the molecule is CCNC(=NCc1ccccc1F)NCCS(=O)(=O)c1ccccc1F. The number of hydrogen-bond donors (Lipinski definition) is 2. The minimum atomic E-state index is -3.76. The van der Waals surface area contributed by atoms with Gasteiger partial charge in [0.05, 0.1) is 12.3 Å². The Labute approximate surface area is 152 Å². The second kappa shape index (κ2) is 9.28. The van der Waals surface area contributed by atoms with E-state index in [1.807, 2.05) is 6.92 Å². The summed E-state index contributed by atoms with van der Waals surface area (Å²) in [4.78, 5) is 3.92. The van der Waals surface area contributed by atoms with Crippen molar-refractivity contribution in [1.29, 1.82) is 0 Å². The Hall–Kier alpha value is -2.48. The largest absolute Gasteiger partial charge is 0.357 e. The van der Waals surface area contributed by atoms with Crippen molar-refractivity contribution >= 4 is 15.8 Å². The quantitative estimate of drug-likeness (QED) is 0.571. The third-order valence-corrected chi connectivity index (χ3v) is 5.29. The molecule has 0 heterocycles. The highest BCUT2D eigenvalue weighted by Crippen LogP contribution is 2.14. The number of guanidine groups is 1. The van der Waals surface area contributed by atoms with E-state index in [0.29, 0.717) is 18.1 Å². The van der Waals surface area contributed by atoms with Gasteiger partial charge in [-0.15, -0.1) is 0 Å². The van der Waals surface area contributed by atoms with Gasteiger partial charge in [0, 0.05) is 18.7 Å². The van der Waals surface area contributed by atoms with E-state index in [4.69, 9.17) is 0 Å². The molecule has 0 atom stereocenters. The summed E-state index contributed by atoms with van der Waals surface area (Å²) < 4.78 is 51.8. The molecule has 0 aliphatic carbocycles. The second-order valence-corrected chi connectivity index (χ2v) is 7.54. The van der Waals surface area contributed by atoms with Gasteiger partial charge >= 0.3 is 0 Å².